The second-order valence-electron chi connectivity index (χ2n) is 13.5. The Balaban J connectivity index is 1.41. The molecule has 0 bridgehead atoms. The van der Waals surface area contributed by atoms with Gasteiger partial charge in [-0.1, -0.05) is 12.1 Å². The number of aromatic nitrogens is 1. The number of halogens is 3. The highest BCUT2D eigenvalue weighted by atomic mass is 19.1. The Kier molecular flexibility index (Phi) is 7.26. The van der Waals surface area contributed by atoms with E-state index in [0.717, 1.165) is 0 Å². The zero-order chi connectivity index (χ0) is 30.8. The van der Waals surface area contributed by atoms with Crippen LogP contribution in [0.25, 0.3) is 11.3 Å². The third-order valence-corrected chi connectivity index (χ3v) is 8.73. The van der Waals surface area contributed by atoms with Crippen molar-refractivity contribution in [3.8, 4) is 17.0 Å². The molecule has 0 N–H and O–H groups in total. The van der Waals surface area contributed by atoms with E-state index in [1.165, 1.54) is 23.1 Å². The third kappa shape index (κ3) is 5.38. The number of rotatable bonds is 3. The fourth-order valence-corrected chi connectivity index (χ4v) is 6.55. The van der Waals surface area contributed by atoms with E-state index >= 15 is 8.78 Å². The van der Waals surface area contributed by atoms with Crippen molar-refractivity contribution >= 4 is 17.8 Å². The molecule has 3 fully saturated rings. The Morgan fingerprint density at radius 3 is 2.47 bits per heavy atom. The summed E-state index contributed by atoms with van der Waals surface area (Å²) in [6.07, 6.45) is -0.686. The molecule has 12 heteroatoms. The second kappa shape index (κ2) is 10.6. The molecule has 4 aliphatic heterocycles. The lowest BCUT2D eigenvalue weighted by molar-refractivity contribution is 0.000863. The number of likely N-dealkylation sites (tertiary alicyclic amines) is 1. The number of carbonyl (C=O) groups excluding carboxylic acids is 2. The quantitative estimate of drug-likeness (QED) is 0.513. The molecular weight excluding hydrogens is 563 g/mol. The van der Waals surface area contributed by atoms with Crippen molar-refractivity contribution in [1.29, 1.82) is 0 Å². The van der Waals surface area contributed by atoms with Gasteiger partial charge < -0.3 is 24.2 Å². The van der Waals surface area contributed by atoms with Crippen LogP contribution >= 0.6 is 0 Å². The molecule has 1 aromatic heterocycles. The minimum Gasteiger partial charge on any atom is -0.487 e. The van der Waals surface area contributed by atoms with Gasteiger partial charge in [-0.3, -0.25) is 9.69 Å². The van der Waals surface area contributed by atoms with Crippen molar-refractivity contribution in [3.63, 3.8) is 0 Å². The smallest absolute Gasteiger partial charge is 0.410 e. The average Bonchev–Trinajstić information content (AvgIpc) is 3.14. The standard InChI is InChI=1S/C31H38F3N5O4/c1-30(2,3)43-29(41)36-10-11-38-20(15-36)17-42-26-23(28(38)40)27(35-25(24(26)34)21-8-6-7-9-22(21)33)39-16-19(12-31(39,4)5)37-13-18(32)14-37/h6-9,18-20H,10-17H2,1-5H3/t19-,20-/m1/s1. The lowest BCUT2D eigenvalue weighted by Crippen LogP contribution is -2.58. The number of piperazine rings is 1. The highest BCUT2D eigenvalue weighted by molar-refractivity contribution is 6.03. The van der Waals surface area contributed by atoms with E-state index < -0.39 is 47.0 Å². The lowest BCUT2D eigenvalue weighted by atomic mass is 9.97. The number of amides is 2. The van der Waals surface area contributed by atoms with Crippen LogP contribution in [-0.2, 0) is 4.74 Å². The minimum absolute atomic E-state index is 0.00772. The number of carbonyl (C=O) groups is 2. The normalized spacial score (nSPS) is 24.2. The Morgan fingerprint density at radius 1 is 1.07 bits per heavy atom. The van der Waals surface area contributed by atoms with Gasteiger partial charge in [0.05, 0.1) is 6.04 Å². The summed E-state index contributed by atoms with van der Waals surface area (Å²) in [4.78, 5) is 38.9. The molecule has 4 aliphatic rings. The molecular formula is C31H38F3N5O4. The maximum absolute atomic E-state index is 16.3. The number of anilines is 1. The van der Waals surface area contributed by atoms with E-state index in [1.54, 1.807) is 31.7 Å². The fraction of sp³-hybridized carbons (Fsp3) is 0.581. The maximum atomic E-state index is 16.3. The van der Waals surface area contributed by atoms with E-state index in [4.69, 9.17) is 9.47 Å². The molecule has 5 heterocycles. The molecule has 9 nitrogen and oxygen atoms in total. The molecule has 1 aromatic carbocycles. The molecule has 2 atom stereocenters. The first-order valence-electron chi connectivity index (χ1n) is 14.8. The van der Waals surface area contributed by atoms with Crippen molar-refractivity contribution in [1.82, 2.24) is 19.7 Å². The van der Waals surface area contributed by atoms with Crippen LogP contribution in [-0.4, -0.2) is 107 Å². The summed E-state index contributed by atoms with van der Waals surface area (Å²) >= 11 is 0. The number of ether oxygens (including phenoxy) is 2. The number of alkyl halides is 1. The summed E-state index contributed by atoms with van der Waals surface area (Å²) in [7, 11) is 0. The summed E-state index contributed by atoms with van der Waals surface area (Å²) in [6, 6.07) is 5.22. The van der Waals surface area contributed by atoms with Crippen molar-refractivity contribution in [2.24, 2.45) is 0 Å². The Hall–Kier alpha value is -3.54. The van der Waals surface area contributed by atoms with Crippen molar-refractivity contribution in [3.05, 3.63) is 41.5 Å². The third-order valence-electron chi connectivity index (χ3n) is 8.73. The van der Waals surface area contributed by atoms with Gasteiger partial charge in [0, 0.05) is 56.4 Å². The Morgan fingerprint density at radius 2 is 1.79 bits per heavy atom. The van der Waals surface area contributed by atoms with Gasteiger partial charge >= 0.3 is 6.09 Å². The number of hydrogen-bond donors (Lipinski definition) is 0. The van der Waals surface area contributed by atoms with E-state index in [-0.39, 0.29) is 60.7 Å². The minimum atomic E-state index is -0.919. The summed E-state index contributed by atoms with van der Waals surface area (Å²) < 4.78 is 56.7. The summed E-state index contributed by atoms with van der Waals surface area (Å²) in [6.45, 7) is 11.0. The highest BCUT2D eigenvalue weighted by Crippen LogP contribution is 2.45. The lowest BCUT2D eigenvalue weighted by Gasteiger charge is -2.40. The van der Waals surface area contributed by atoms with E-state index in [9.17, 15) is 14.0 Å². The molecule has 2 amide bonds. The zero-order valence-electron chi connectivity index (χ0n) is 25.2. The summed E-state index contributed by atoms with van der Waals surface area (Å²) in [5.74, 6) is -2.11. The summed E-state index contributed by atoms with van der Waals surface area (Å²) in [5, 5.41) is 0. The van der Waals surface area contributed by atoms with Crippen LogP contribution in [0.3, 0.4) is 0 Å². The molecule has 0 unspecified atom stereocenters. The largest absolute Gasteiger partial charge is 0.487 e. The van der Waals surface area contributed by atoms with Gasteiger partial charge in [0.15, 0.2) is 11.6 Å². The first kappa shape index (κ1) is 29.5. The Labute approximate surface area is 249 Å². The zero-order valence-corrected chi connectivity index (χ0v) is 25.2. The number of nitrogens with zero attached hydrogens (tertiary/aromatic N) is 5. The molecule has 43 heavy (non-hydrogen) atoms. The van der Waals surface area contributed by atoms with Gasteiger partial charge in [0.25, 0.3) is 5.91 Å². The van der Waals surface area contributed by atoms with E-state index in [2.05, 4.69) is 9.88 Å². The van der Waals surface area contributed by atoms with E-state index in [1.807, 2.05) is 18.7 Å². The summed E-state index contributed by atoms with van der Waals surface area (Å²) in [5.41, 5.74) is -1.53. The topological polar surface area (TPSA) is 78.5 Å². The molecule has 0 spiro atoms. The Bertz CT molecular complexity index is 1440. The van der Waals surface area contributed by atoms with Crippen LogP contribution in [0.2, 0.25) is 0 Å². The van der Waals surface area contributed by atoms with Gasteiger partial charge in [-0.15, -0.1) is 0 Å². The molecule has 3 saturated heterocycles. The average molecular weight is 602 g/mol. The maximum Gasteiger partial charge on any atom is 0.410 e. The van der Waals surface area contributed by atoms with Crippen LogP contribution in [0, 0.1) is 11.6 Å². The number of pyridine rings is 1. The first-order valence-corrected chi connectivity index (χ1v) is 14.8. The fourth-order valence-electron chi connectivity index (χ4n) is 6.55. The second-order valence-corrected chi connectivity index (χ2v) is 13.5. The molecule has 0 saturated carbocycles. The van der Waals surface area contributed by atoms with E-state index in [0.29, 0.717) is 26.1 Å². The predicted octanol–water partition coefficient (Wildman–Crippen LogP) is 4.49. The van der Waals surface area contributed by atoms with Gasteiger partial charge in [0.1, 0.15) is 41.3 Å². The van der Waals surface area contributed by atoms with Gasteiger partial charge in [-0.2, -0.15) is 0 Å². The van der Waals surface area contributed by atoms with Crippen LogP contribution in [0.1, 0.15) is 51.4 Å². The monoisotopic (exact) mass is 601 g/mol. The van der Waals surface area contributed by atoms with Gasteiger partial charge in [0.2, 0.25) is 0 Å². The van der Waals surface area contributed by atoms with Crippen molar-refractivity contribution in [2.45, 2.75) is 70.4 Å². The number of benzene rings is 1. The number of hydrogen-bond acceptors (Lipinski definition) is 7. The van der Waals surface area contributed by atoms with Crippen LogP contribution in [0.5, 0.6) is 5.75 Å². The van der Waals surface area contributed by atoms with Crippen LogP contribution < -0.4 is 9.64 Å². The SMILES string of the molecule is CC(C)(C)OC(=O)N1CCN2C(=O)c3c(N4C[C@H](N5CC(F)C5)CC4(C)C)nc(-c4ccccc4F)c(F)c3OC[C@H]2C1. The van der Waals surface area contributed by atoms with Crippen LogP contribution in [0.15, 0.2) is 24.3 Å². The first-order chi connectivity index (χ1) is 20.2. The van der Waals surface area contributed by atoms with Gasteiger partial charge in [-0.05, 0) is 53.2 Å². The molecule has 232 valence electrons. The predicted molar refractivity (Wildman–Crippen MR) is 154 cm³/mol. The molecule has 2 aromatic rings. The number of fused-ring (bicyclic) bond motifs is 2. The van der Waals surface area contributed by atoms with Crippen molar-refractivity contribution in [2.75, 3.05) is 50.8 Å². The highest BCUT2D eigenvalue weighted by Gasteiger charge is 2.48. The molecule has 0 radical (unpaired) electrons. The van der Waals surface area contributed by atoms with Crippen molar-refractivity contribution < 1.29 is 32.2 Å². The molecule has 0 aliphatic carbocycles. The van der Waals surface area contributed by atoms with Gasteiger partial charge in [-0.25, -0.2) is 22.9 Å². The van der Waals surface area contributed by atoms with Crippen LogP contribution in [0.4, 0.5) is 23.8 Å². The molecule has 6 rings (SSSR count).